The molecular weight excluding hydrogens is 188 g/mol. The van der Waals surface area contributed by atoms with Crippen LogP contribution in [-0.2, 0) is 4.74 Å². The normalized spacial score (nSPS) is 15.0. The first-order valence-electron chi connectivity index (χ1n) is 5.16. The van der Waals surface area contributed by atoms with E-state index >= 15 is 0 Å². The summed E-state index contributed by atoms with van der Waals surface area (Å²) in [5.74, 6) is 5.57. The van der Waals surface area contributed by atoms with Gasteiger partial charge in [0.15, 0.2) is 0 Å². The number of benzene rings is 1. The van der Waals surface area contributed by atoms with E-state index in [1.54, 1.807) is 7.11 Å². The Balaban J connectivity index is 3.07. The van der Waals surface area contributed by atoms with Crippen molar-refractivity contribution in [1.29, 1.82) is 0 Å². The second-order valence-electron chi connectivity index (χ2n) is 3.87. The van der Waals surface area contributed by atoms with Crippen LogP contribution in [0.3, 0.4) is 0 Å². The first-order chi connectivity index (χ1) is 7.11. The molecule has 0 aliphatic heterocycles. The summed E-state index contributed by atoms with van der Waals surface area (Å²) in [6, 6.07) is 6.27. The molecule has 1 rings (SSSR count). The fraction of sp³-hybridized carbons (Fsp3) is 0.500. The van der Waals surface area contributed by atoms with E-state index in [9.17, 15) is 0 Å². The van der Waals surface area contributed by atoms with Crippen LogP contribution >= 0.6 is 0 Å². The molecule has 3 N–H and O–H groups in total. The van der Waals surface area contributed by atoms with E-state index in [4.69, 9.17) is 10.6 Å². The maximum atomic E-state index is 5.57. The Hall–Kier alpha value is -0.900. The lowest BCUT2D eigenvalue weighted by atomic mass is 9.95. The molecule has 84 valence electrons. The van der Waals surface area contributed by atoms with Crippen LogP contribution in [0, 0.1) is 13.8 Å². The summed E-state index contributed by atoms with van der Waals surface area (Å²) in [7, 11) is 1.69. The third kappa shape index (κ3) is 2.56. The SMILES string of the molecule is COC(C)C(NN)c1cccc(C)c1C. The molecule has 1 aromatic carbocycles. The van der Waals surface area contributed by atoms with E-state index in [1.807, 2.05) is 13.0 Å². The van der Waals surface area contributed by atoms with Crippen LogP contribution in [0.4, 0.5) is 0 Å². The van der Waals surface area contributed by atoms with Crippen LogP contribution in [0.5, 0.6) is 0 Å². The molecule has 0 heterocycles. The van der Waals surface area contributed by atoms with Gasteiger partial charge in [-0.25, -0.2) is 0 Å². The van der Waals surface area contributed by atoms with Crippen molar-refractivity contribution in [2.45, 2.75) is 32.9 Å². The number of rotatable bonds is 4. The van der Waals surface area contributed by atoms with Gasteiger partial charge in [0.25, 0.3) is 0 Å². The molecule has 15 heavy (non-hydrogen) atoms. The van der Waals surface area contributed by atoms with E-state index in [0.717, 1.165) is 0 Å². The molecule has 0 bridgehead atoms. The smallest absolute Gasteiger partial charge is 0.0750 e. The number of nitrogens with one attached hydrogen (secondary N) is 1. The predicted octanol–water partition coefficient (Wildman–Crippen LogP) is 1.84. The highest BCUT2D eigenvalue weighted by atomic mass is 16.5. The summed E-state index contributed by atoms with van der Waals surface area (Å²) in [5.41, 5.74) is 6.55. The second kappa shape index (κ2) is 5.26. The van der Waals surface area contributed by atoms with E-state index in [-0.39, 0.29) is 12.1 Å². The summed E-state index contributed by atoms with van der Waals surface area (Å²) >= 11 is 0. The number of hydrazine groups is 1. The average Bonchev–Trinajstić information content (AvgIpc) is 2.24. The quantitative estimate of drug-likeness (QED) is 0.586. The lowest BCUT2D eigenvalue weighted by Crippen LogP contribution is -2.36. The zero-order valence-electron chi connectivity index (χ0n) is 9.87. The van der Waals surface area contributed by atoms with Gasteiger partial charge < -0.3 is 4.74 Å². The Morgan fingerprint density at radius 3 is 2.53 bits per heavy atom. The molecule has 1 aromatic rings. The lowest BCUT2D eigenvalue weighted by molar-refractivity contribution is 0.0828. The summed E-state index contributed by atoms with van der Waals surface area (Å²) < 4.78 is 5.31. The van der Waals surface area contributed by atoms with Gasteiger partial charge in [-0.3, -0.25) is 11.3 Å². The van der Waals surface area contributed by atoms with Crippen LogP contribution < -0.4 is 11.3 Å². The minimum Gasteiger partial charge on any atom is -0.380 e. The van der Waals surface area contributed by atoms with Crippen LogP contribution in [0.2, 0.25) is 0 Å². The summed E-state index contributed by atoms with van der Waals surface area (Å²) in [6.45, 7) is 6.22. The molecule has 2 atom stereocenters. The third-order valence-corrected chi connectivity index (χ3v) is 3.00. The van der Waals surface area contributed by atoms with Crippen molar-refractivity contribution in [3.05, 3.63) is 34.9 Å². The summed E-state index contributed by atoms with van der Waals surface area (Å²) in [4.78, 5) is 0. The van der Waals surface area contributed by atoms with Crippen molar-refractivity contribution < 1.29 is 4.74 Å². The molecule has 0 saturated heterocycles. The highest BCUT2D eigenvalue weighted by Gasteiger charge is 2.19. The minimum atomic E-state index is 0.0369. The summed E-state index contributed by atoms with van der Waals surface area (Å²) in [6.07, 6.45) is 0.0514. The largest absolute Gasteiger partial charge is 0.380 e. The van der Waals surface area contributed by atoms with Crippen LogP contribution in [-0.4, -0.2) is 13.2 Å². The van der Waals surface area contributed by atoms with Gasteiger partial charge in [0.2, 0.25) is 0 Å². The first kappa shape index (κ1) is 12.2. The van der Waals surface area contributed by atoms with E-state index in [1.165, 1.54) is 16.7 Å². The predicted molar refractivity (Wildman–Crippen MR) is 62.5 cm³/mol. The van der Waals surface area contributed by atoms with Gasteiger partial charge in [0.1, 0.15) is 0 Å². The lowest BCUT2D eigenvalue weighted by Gasteiger charge is -2.24. The van der Waals surface area contributed by atoms with Gasteiger partial charge in [0.05, 0.1) is 12.1 Å². The number of aryl methyl sites for hydroxylation is 1. The Kier molecular flexibility index (Phi) is 4.27. The molecule has 0 aliphatic carbocycles. The fourth-order valence-electron chi connectivity index (χ4n) is 1.72. The zero-order valence-corrected chi connectivity index (χ0v) is 9.87. The van der Waals surface area contributed by atoms with Gasteiger partial charge in [-0.15, -0.1) is 0 Å². The van der Waals surface area contributed by atoms with Crippen LogP contribution in [0.25, 0.3) is 0 Å². The Morgan fingerprint density at radius 1 is 1.33 bits per heavy atom. The summed E-state index contributed by atoms with van der Waals surface area (Å²) in [5, 5.41) is 0. The van der Waals surface area contributed by atoms with Crippen molar-refractivity contribution in [3.63, 3.8) is 0 Å². The Labute approximate surface area is 91.6 Å². The third-order valence-electron chi connectivity index (χ3n) is 3.00. The molecular formula is C12H20N2O. The van der Waals surface area contributed by atoms with E-state index in [0.29, 0.717) is 0 Å². The fourth-order valence-corrected chi connectivity index (χ4v) is 1.72. The molecule has 2 unspecified atom stereocenters. The number of nitrogens with two attached hydrogens (primary N) is 1. The van der Waals surface area contributed by atoms with Crippen LogP contribution in [0.1, 0.15) is 29.7 Å². The molecule has 0 fully saturated rings. The van der Waals surface area contributed by atoms with Crippen molar-refractivity contribution >= 4 is 0 Å². The zero-order chi connectivity index (χ0) is 11.4. The molecule has 0 aromatic heterocycles. The molecule has 0 amide bonds. The van der Waals surface area contributed by atoms with Gasteiger partial charge in [0, 0.05) is 7.11 Å². The van der Waals surface area contributed by atoms with Crippen molar-refractivity contribution in [1.82, 2.24) is 5.43 Å². The molecule has 0 aliphatic rings. The number of methoxy groups -OCH3 is 1. The maximum absolute atomic E-state index is 5.57. The Bertz CT molecular complexity index is 325. The molecule has 0 saturated carbocycles. The molecule has 0 spiro atoms. The van der Waals surface area contributed by atoms with Crippen molar-refractivity contribution in [3.8, 4) is 0 Å². The molecule has 0 radical (unpaired) electrons. The van der Waals surface area contributed by atoms with Crippen molar-refractivity contribution in [2.75, 3.05) is 7.11 Å². The number of ether oxygens (including phenoxy) is 1. The first-order valence-corrected chi connectivity index (χ1v) is 5.16. The van der Waals surface area contributed by atoms with Crippen LogP contribution in [0.15, 0.2) is 18.2 Å². The monoisotopic (exact) mass is 208 g/mol. The molecule has 3 nitrogen and oxygen atoms in total. The van der Waals surface area contributed by atoms with E-state index in [2.05, 4.69) is 31.4 Å². The Morgan fingerprint density at radius 2 is 2.00 bits per heavy atom. The number of hydrogen-bond donors (Lipinski definition) is 2. The van der Waals surface area contributed by atoms with Crippen molar-refractivity contribution in [2.24, 2.45) is 5.84 Å². The number of hydrogen-bond acceptors (Lipinski definition) is 3. The topological polar surface area (TPSA) is 47.3 Å². The van der Waals surface area contributed by atoms with Gasteiger partial charge in [-0.05, 0) is 37.5 Å². The highest BCUT2D eigenvalue weighted by molar-refractivity contribution is 5.35. The molecule has 3 heteroatoms. The van der Waals surface area contributed by atoms with Gasteiger partial charge in [-0.1, -0.05) is 18.2 Å². The van der Waals surface area contributed by atoms with E-state index < -0.39 is 0 Å². The van der Waals surface area contributed by atoms with Gasteiger partial charge >= 0.3 is 0 Å². The minimum absolute atomic E-state index is 0.0369. The average molecular weight is 208 g/mol. The maximum Gasteiger partial charge on any atom is 0.0750 e. The highest BCUT2D eigenvalue weighted by Crippen LogP contribution is 2.23. The van der Waals surface area contributed by atoms with Gasteiger partial charge in [-0.2, -0.15) is 0 Å². The second-order valence-corrected chi connectivity index (χ2v) is 3.87. The standard InChI is InChI=1S/C12H20N2O/c1-8-6-5-7-11(9(8)2)12(14-13)10(3)15-4/h5-7,10,12,14H,13H2,1-4H3.